The maximum atomic E-state index is 12.7. The molecule has 4 aromatic rings. The fourth-order valence-electron chi connectivity index (χ4n) is 3.43. The Labute approximate surface area is 198 Å². The number of pyridine rings is 2. The summed E-state index contributed by atoms with van der Waals surface area (Å²) in [7, 11) is 1.87. The lowest BCUT2D eigenvalue weighted by atomic mass is 9.98. The summed E-state index contributed by atoms with van der Waals surface area (Å²) in [5.74, 6) is 0.862. The van der Waals surface area contributed by atoms with Gasteiger partial charge in [-0.05, 0) is 37.1 Å². The van der Waals surface area contributed by atoms with Crippen molar-refractivity contribution in [3.63, 3.8) is 0 Å². The van der Waals surface area contributed by atoms with Gasteiger partial charge in [-0.2, -0.15) is 5.10 Å². The van der Waals surface area contributed by atoms with E-state index in [0.29, 0.717) is 12.8 Å². The fraction of sp³-hybridized carbons (Fsp3) is 0.320. The van der Waals surface area contributed by atoms with Gasteiger partial charge in [0.25, 0.3) is 0 Å². The Hall–Kier alpha value is -3.39. The molecule has 1 N–H and O–H groups in total. The summed E-state index contributed by atoms with van der Waals surface area (Å²) in [5, 5.41) is 8.41. The van der Waals surface area contributed by atoms with E-state index in [-0.39, 0.29) is 11.2 Å². The van der Waals surface area contributed by atoms with Gasteiger partial charge < -0.3 is 5.32 Å². The van der Waals surface area contributed by atoms with Crippen molar-refractivity contribution in [3.8, 4) is 11.3 Å². The molecular formula is C25H28N6OS. The normalized spacial score (nSPS) is 11.5. The van der Waals surface area contributed by atoms with Crippen molar-refractivity contribution in [2.45, 2.75) is 46.0 Å². The van der Waals surface area contributed by atoms with Crippen molar-refractivity contribution in [1.29, 1.82) is 0 Å². The number of ketones is 1. The van der Waals surface area contributed by atoms with Gasteiger partial charge >= 0.3 is 0 Å². The molecule has 0 bridgehead atoms. The second kappa shape index (κ2) is 9.23. The number of carbonyl (C=O) groups is 1. The first-order valence-corrected chi connectivity index (χ1v) is 11.7. The van der Waals surface area contributed by atoms with Gasteiger partial charge in [0, 0.05) is 48.7 Å². The monoisotopic (exact) mass is 460 g/mol. The summed E-state index contributed by atoms with van der Waals surface area (Å²) in [6, 6.07) is 7.97. The highest BCUT2D eigenvalue weighted by molar-refractivity contribution is 7.13. The molecule has 4 heterocycles. The molecule has 0 radical (unpaired) electrons. The molecule has 0 aromatic carbocycles. The molecule has 0 saturated carbocycles. The zero-order valence-electron chi connectivity index (χ0n) is 19.6. The summed E-state index contributed by atoms with van der Waals surface area (Å²) >= 11 is 1.50. The van der Waals surface area contributed by atoms with Gasteiger partial charge in [0.15, 0.2) is 5.78 Å². The molecule has 170 valence electrons. The Morgan fingerprint density at radius 2 is 1.97 bits per heavy atom. The minimum Gasteiger partial charge on any atom is -0.338 e. The zero-order chi connectivity index (χ0) is 23.6. The molecule has 0 saturated heterocycles. The number of carbonyl (C=O) groups excluding carboxylic acids is 1. The van der Waals surface area contributed by atoms with Crippen LogP contribution in [0.1, 0.15) is 53.1 Å². The standard InChI is InChI=1S/C25H28N6OS/c1-16-17(7-9-21(32)22-14-27-24(33-22)25(2,3)4)6-8-20(29-16)18-10-11-26-23(12-18)30-19-13-28-31(5)15-19/h6,8,10-15H,7,9H2,1-5H3,(H,26,30). The highest BCUT2D eigenvalue weighted by atomic mass is 32.1. The van der Waals surface area contributed by atoms with E-state index in [2.05, 4.69) is 47.2 Å². The van der Waals surface area contributed by atoms with Crippen LogP contribution in [0.3, 0.4) is 0 Å². The summed E-state index contributed by atoms with van der Waals surface area (Å²) in [6.45, 7) is 8.32. The Morgan fingerprint density at radius 3 is 2.64 bits per heavy atom. The van der Waals surface area contributed by atoms with Crippen LogP contribution in [0, 0.1) is 6.92 Å². The molecule has 0 aliphatic rings. The number of hydrogen-bond donors (Lipinski definition) is 1. The second-order valence-corrected chi connectivity index (χ2v) is 10.1. The minimum absolute atomic E-state index is 0.0418. The molecule has 0 amide bonds. The van der Waals surface area contributed by atoms with Crippen LogP contribution in [-0.2, 0) is 18.9 Å². The van der Waals surface area contributed by atoms with Crippen LogP contribution in [0.4, 0.5) is 11.5 Å². The van der Waals surface area contributed by atoms with Gasteiger partial charge in [-0.25, -0.2) is 9.97 Å². The van der Waals surface area contributed by atoms with Crippen LogP contribution >= 0.6 is 11.3 Å². The van der Waals surface area contributed by atoms with Crippen LogP contribution in [0.25, 0.3) is 11.3 Å². The minimum atomic E-state index is -0.0418. The Balaban J connectivity index is 1.43. The van der Waals surface area contributed by atoms with Gasteiger partial charge in [0.1, 0.15) is 5.82 Å². The number of anilines is 2. The Bertz CT molecular complexity index is 1280. The fourth-order valence-corrected chi connectivity index (χ4v) is 4.37. The van der Waals surface area contributed by atoms with Gasteiger partial charge in [-0.15, -0.1) is 11.3 Å². The van der Waals surface area contributed by atoms with Gasteiger partial charge in [-0.3, -0.25) is 14.5 Å². The first-order valence-electron chi connectivity index (χ1n) is 10.9. The van der Waals surface area contributed by atoms with Crippen molar-refractivity contribution < 1.29 is 4.79 Å². The quantitative estimate of drug-likeness (QED) is 0.367. The smallest absolute Gasteiger partial charge is 0.174 e. The van der Waals surface area contributed by atoms with E-state index in [1.54, 1.807) is 23.3 Å². The van der Waals surface area contributed by atoms with Crippen molar-refractivity contribution in [3.05, 3.63) is 70.2 Å². The maximum Gasteiger partial charge on any atom is 0.174 e. The van der Waals surface area contributed by atoms with E-state index in [1.165, 1.54) is 11.3 Å². The molecule has 0 aliphatic carbocycles. The lowest BCUT2D eigenvalue weighted by Crippen LogP contribution is -2.09. The van der Waals surface area contributed by atoms with Crippen LogP contribution < -0.4 is 5.32 Å². The predicted octanol–water partition coefficient (Wildman–Crippen LogP) is 5.50. The summed E-state index contributed by atoms with van der Waals surface area (Å²) < 4.78 is 1.74. The van der Waals surface area contributed by atoms with E-state index in [9.17, 15) is 4.79 Å². The van der Waals surface area contributed by atoms with E-state index in [1.807, 2.05) is 38.4 Å². The number of hydrogen-bond acceptors (Lipinski definition) is 7. The first kappa shape index (κ1) is 22.8. The molecular weight excluding hydrogens is 432 g/mol. The van der Waals surface area contributed by atoms with E-state index in [4.69, 9.17) is 4.98 Å². The van der Waals surface area contributed by atoms with Crippen molar-refractivity contribution >= 4 is 28.6 Å². The van der Waals surface area contributed by atoms with E-state index < -0.39 is 0 Å². The Kier molecular flexibility index (Phi) is 6.37. The Morgan fingerprint density at radius 1 is 1.15 bits per heavy atom. The molecule has 4 rings (SSSR count). The van der Waals surface area contributed by atoms with Crippen LogP contribution in [-0.4, -0.2) is 30.5 Å². The third-order valence-corrected chi connectivity index (χ3v) is 6.74. The number of Topliss-reactive ketones (excluding diaryl/α,β-unsaturated/α-hetero) is 1. The van der Waals surface area contributed by atoms with Crippen LogP contribution in [0.15, 0.2) is 49.1 Å². The van der Waals surface area contributed by atoms with Crippen molar-refractivity contribution in [1.82, 2.24) is 24.7 Å². The lowest BCUT2D eigenvalue weighted by Gasteiger charge is -2.13. The van der Waals surface area contributed by atoms with Gasteiger partial charge in [0.2, 0.25) is 0 Å². The van der Waals surface area contributed by atoms with E-state index in [0.717, 1.165) is 43.9 Å². The highest BCUT2D eigenvalue weighted by Gasteiger charge is 2.20. The second-order valence-electron chi connectivity index (χ2n) is 9.10. The number of nitrogens with zero attached hydrogens (tertiary/aromatic N) is 5. The first-order chi connectivity index (χ1) is 15.7. The van der Waals surface area contributed by atoms with Gasteiger partial charge in [0.05, 0.1) is 27.5 Å². The van der Waals surface area contributed by atoms with E-state index >= 15 is 0 Å². The predicted molar refractivity (Wildman–Crippen MR) is 132 cm³/mol. The number of aromatic nitrogens is 5. The lowest BCUT2D eigenvalue weighted by molar-refractivity contribution is 0.0986. The van der Waals surface area contributed by atoms with Crippen LogP contribution in [0.5, 0.6) is 0 Å². The summed E-state index contributed by atoms with van der Waals surface area (Å²) in [4.78, 5) is 27.0. The van der Waals surface area contributed by atoms with Crippen molar-refractivity contribution in [2.24, 2.45) is 7.05 Å². The topological polar surface area (TPSA) is 85.6 Å². The molecule has 0 unspecified atom stereocenters. The number of nitrogens with one attached hydrogen (secondary N) is 1. The molecule has 4 aromatic heterocycles. The third kappa shape index (κ3) is 5.51. The zero-order valence-corrected chi connectivity index (χ0v) is 20.4. The number of aryl methyl sites for hydroxylation is 3. The third-order valence-electron chi connectivity index (χ3n) is 5.27. The summed E-state index contributed by atoms with van der Waals surface area (Å²) in [5.41, 5.74) is 4.69. The molecule has 7 nitrogen and oxygen atoms in total. The molecule has 0 spiro atoms. The molecule has 0 fully saturated rings. The average Bonchev–Trinajstić information content (AvgIpc) is 3.42. The molecule has 0 atom stereocenters. The molecule has 33 heavy (non-hydrogen) atoms. The number of rotatable bonds is 7. The average molecular weight is 461 g/mol. The highest BCUT2D eigenvalue weighted by Crippen LogP contribution is 2.28. The maximum absolute atomic E-state index is 12.7. The number of thiazole rings is 1. The van der Waals surface area contributed by atoms with Gasteiger partial charge in [-0.1, -0.05) is 26.8 Å². The SMILES string of the molecule is Cc1nc(-c2ccnc(Nc3cnn(C)c3)c2)ccc1CCC(=O)c1cnc(C(C)(C)C)s1. The molecule has 0 aliphatic heterocycles. The largest absolute Gasteiger partial charge is 0.338 e. The van der Waals surface area contributed by atoms with Crippen molar-refractivity contribution in [2.75, 3.05) is 5.32 Å². The summed E-state index contributed by atoms with van der Waals surface area (Å²) in [6.07, 6.45) is 8.22. The van der Waals surface area contributed by atoms with Crippen LogP contribution in [0.2, 0.25) is 0 Å². The molecule has 8 heteroatoms.